The molecular formula is C14H14N4O3S. The van der Waals surface area contributed by atoms with Gasteiger partial charge in [-0.25, -0.2) is 0 Å². The number of carbonyl (C=O) groups is 1. The van der Waals surface area contributed by atoms with Crippen LogP contribution in [0.5, 0.6) is 0 Å². The molecule has 1 saturated carbocycles. The van der Waals surface area contributed by atoms with Crippen LogP contribution in [0.15, 0.2) is 32.5 Å². The van der Waals surface area contributed by atoms with E-state index in [4.69, 9.17) is 8.83 Å². The van der Waals surface area contributed by atoms with Crippen LogP contribution in [0.1, 0.15) is 25.7 Å². The van der Waals surface area contributed by atoms with Crippen molar-refractivity contribution in [2.75, 3.05) is 5.75 Å². The third-order valence-corrected chi connectivity index (χ3v) is 4.33. The maximum absolute atomic E-state index is 12.0. The van der Waals surface area contributed by atoms with Crippen molar-refractivity contribution in [2.45, 2.75) is 36.4 Å². The maximum atomic E-state index is 12.0. The number of carbonyl (C=O) groups excluding carboxylic acids is 1. The summed E-state index contributed by atoms with van der Waals surface area (Å²) in [5.41, 5.74) is -0.703. The van der Waals surface area contributed by atoms with Gasteiger partial charge in [0.1, 0.15) is 5.54 Å². The molecule has 1 fully saturated rings. The van der Waals surface area contributed by atoms with Crippen molar-refractivity contribution in [3.8, 4) is 17.7 Å². The monoisotopic (exact) mass is 318 g/mol. The fraction of sp³-hybridized carbons (Fsp3) is 0.429. The van der Waals surface area contributed by atoms with Gasteiger partial charge in [0.15, 0.2) is 5.76 Å². The van der Waals surface area contributed by atoms with Gasteiger partial charge < -0.3 is 14.2 Å². The smallest absolute Gasteiger partial charge is 0.284 e. The molecule has 0 unspecified atom stereocenters. The lowest BCUT2D eigenvalue weighted by Gasteiger charge is -2.21. The van der Waals surface area contributed by atoms with E-state index < -0.39 is 5.54 Å². The Balaban J connectivity index is 1.54. The highest BCUT2D eigenvalue weighted by Gasteiger charge is 2.35. The number of rotatable bonds is 5. The summed E-state index contributed by atoms with van der Waals surface area (Å²) in [5, 5.41) is 20.1. The van der Waals surface area contributed by atoms with Gasteiger partial charge in [0, 0.05) is 0 Å². The summed E-state index contributed by atoms with van der Waals surface area (Å²) in [6.07, 6.45) is 4.88. The lowest BCUT2D eigenvalue weighted by Crippen LogP contribution is -2.45. The number of hydrogen-bond acceptors (Lipinski definition) is 7. The number of furan rings is 1. The quantitative estimate of drug-likeness (QED) is 0.844. The number of nitriles is 1. The van der Waals surface area contributed by atoms with Crippen molar-refractivity contribution >= 4 is 17.7 Å². The van der Waals surface area contributed by atoms with E-state index in [-0.39, 0.29) is 17.6 Å². The van der Waals surface area contributed by atoms with E-state index in [2.05, 4.69) is 21.6 Å². The number of amides is 1. The Labute approximate surface area is 131 Å². The molecule has 0 spiro atoms. The number of thioether (sulfide) groups is 1. The fourth-order valence-electron chi connectivity index (χ4n) is 2.44. The number of nitrogens with one attached hydrogen (secondary N) is 1. The highest BCUT2D eigenvalue weighted by Crippen LogP contribution is 2.29. The Bertz CT molecular complexity index is 683. The van der Waals surface area contributed by atoms with Gasteiger partial charge in [0.2, 0.25) is 5.91 Å². The van der Waals surface area contributed by atoms with Crippen molar-refractivity contribution in [3.05, 3.63) is 18.4 Å². The fourth-order valence-corrected chi connectivity index (χ4v) is 3.00. The van der Waals surface area contributed by atoms with E-state index in [1.54, 1.807) is 12.1 Å². The predicted molar refractivity (Wildman–Crippen MR) is 77.7 cm³/mol. The summed E-state index contributed by atoms with van der Waals surface area (Å²) in [7, 11) is 0. The first kappa shape index (κ1) is 14.7. The Morgan fingerprint density at radius 3 is 2.95 bits per heavy atom. The highest BCUT2D eigenvalue weighted by molar-refractivity contribution is 7.99. The second kappa shape index (κ2) is 6.23. The lowest BCUT2D eigenvalue weighted by atomic mass is 10.0. The van der Waals surface area contributed by atoms with Gasteiger partial charge in [-0.05, 0) is 37.8 Å². The maximum Gasteiger partial charge on any atom is 0.284 e. The molecule has 114 valence electrons. The average molecular weight is 318 g/mol. The molecule has 0 aliphatic heterocycles. The van der Waals surface area contributed by atoms with Crippen LogP contribution in [0.4, 0.5) is 0 Å². The minimum absolute atomic E-state index is 0.128. The molecule has 3 rings (SSSR count). The van der Waals surface area contributed by atoms with Gasteiger partial charge >= 0.3 is 0 Å². The van der Waals surface area contributed by atoms with Crippen molar-refractivity contribution in [3.63, 3.8) is 0 Å². The summed E-state index contributed by atoms with van der Waals surface area (Å²) < 4.78 is 10.6. The van der Waals surface area contributed by atoms with E-state index in [0.717, 1.165) is 24.6 Å². The summed E-state index contributed by atoms with van der Waals surface area (Å²) in [5.74, 6) is 0.685. The first-order valence-corrected chi connectivity index (χ1v) is 7.92. The van der Waals surface area contributed by atoms with Crippen LogP contribution in [-0.2, 0) is 4.79 Å². The second-order valence-electron chi connectivity index (χ2n) is 5.09. The van der Waals surface area contributed by atoms with Crippen LogP contribution in [0, 0.1) is 11.3 Å². The number of hydrogen-bond donors (Lipinski definition) is 1. The molecule has 2 aromatic heterocycles. The van der Waals surface area contributed by atoms with E-state index in [1.807, 2.05) is 0 Å². The molecule has 0 bridgehead atoms. The van der Waals surface area contributed by atoms with Gasteiger partial charge in [-0.3, -0.25) is 4.79 Å². The first-order valence-electron chi connectivity index (χ1n) is 6.93. The summed E-state index contributed by atoms with van der Waals surface area (Å²) in [4.78, 5) is 12.0. The van der Waals surface area contributed by atoms with Gasteiger partial charge in [0.05, 0.1) is 18.1 Å². The van der Waals surface area contributed by atoms with Crippen molar-refractivity contribution in [2.24, 2.45) is 0 Å². The van der Waals surface area contributed by atoms with Crippen LogP contribution in [0.25, 0.3) is 11.7 Å². The molecule has 22 heavy (non-hydrogen) atoms. The molecule has 0 saturated heterocycles. The number of aromatic nitrogens is 2. The zero-order valence-electron chi connectivity index (χ0n) is 11.7. The lowest BCUT2D eigenvalue weighted by molar-refractivity contribution is -0.119. The molecule has 0 atom stereocenters. The molecule has 2 heterocycles. The van der Waals surface area contributed by atoms with Gasteiger partial charge in [-0.15, -0.1) is 10.2 Å². The minimum atomic E-state index is -0.703. The summed E-state index contributed by atoms with van der Waals surface area (Å²) >= 11 is 1.14. The predicted octanol–water partition coefficient (Wildman–Crippen LogP) is 2.37. The van der Waals surface area contributed by atoms with Crippen LogP contribution < -0.4 is 5.32 Å². The molecule has 2 aromatic rings. The summed E-state index contributed by atoms with van der Waals surface area (Å²) in [6.45, 7) is 0. The molecule has 7 nitrogen and oxygen atoms in total. The van der Waals surface area contributed by atoms with Crippen LogP contribution in [0.2, 0.25) is 0 Å². The molecule has 1 aliphatic carbocycles. The first-order chi connectivity index (χ1) is 10.7. The largest absolute Gasteiger partial charge is 0.459 e. The topological polar surface area (TPSA) is 105 Å². The Morgan fingerprint density at radius 1 is 1.45 bits per heavy atom. The van der Waals surface area contributed by atoms with Crippen LogP contribution in [-0.4, -0.2) is 27.4 Å². The van der Waals surface area contributed by atoms with E-state index in [0.29, 0.717) is 23.8 Å². The molecule has 1 amide bonds. The second-order valence-corrected chi connectivity index (χ2v) is 6.01. The zero-order chi connectivity index (χ0) is 15.4. The zero-order valence-corrected chi connectivity index (χ0v) is 12.6. The van der Waals surface area contributed by atoms with E-state index >= 15 is 0 Å². The average Bonchev–Trinajstić information content (AvgIpc) is 3.26. The van der Waals surface area contributed by atoms with Crippen molar-refractivity contribution in [1.82, 2.24) is 15.5 Å². The molecule has 1 N–H and O–H groups in total. The van der Waals surface area contributed by atoms with Crippen LogP contribution >= 0.6 is 11.8 Å². The van der Waals surface area contributed by atoms with Crippen molar-refractivity contribution in [1.29, 1.82) is 5.26 Å². The molecule has 8 heteroatoms. The van der Waals surface area contributed by atoms with E-state index in [9.17, 15) is 10.1 Å². The van der Waals surface area contributed by atoms with Crippen LogP contribution in [0.3, 0.4) is 0 Å². The van der Waals surface area contributed by atoms with Gasteiger partial charge in [-0.1, -0.05) is 11.8 Å². The Kier molecular flexibility index (Phi) is 4.15. The standard InChI is InChI=1S/C14H14N4O3S/c15-9-14(5-1-2-6-14)16-11(19)8-22-13-18-17-12(21-13)10-4-3-7-20-10/h3-4,7H,1-2,5-6,8H2,(H,16,19). The minimum Gasteiger partial charge on any atom is -0.459 e. The SMILES string of the molecule is N#CC1(NC(=O)CSc2nnc(-c3ccco3)o2)CCCC1. The molecular weight excluding hydrogens is 304 g/mol. The number of nitrogens with zero attached hydrogens (tertiary/aromatic N) is 3. The Hall–Kier alpha value is -2.27. The molecule has 0 aromatic carbocycles. The molecule has 1 aliphatic rings. The Morgan fingerprint density at radius 2 is 2.27 bits per heavy atom. The van der Waals surface area contributed by atoms with Gasteiger partial charge in [-0.2, -0.15) is 5.26 Å². The van der Waals surface area contributed by atoms with Crippen molar-refractivity contribution < 1.29 is 13.6 Å². The van der Waals surface area contributed by atoms with E-state index in [1.165, 1.54) is 6.26 Å². The molecule has 0 radical (unpaired) electrons. The van der Waals surface area contributed by atoms with Gasteiger partial charge in [0.25, 0.3) is 11.1 Å². The highest BCUT2D eigenvalue weighted by atomic mass is 32.2. The third kappa shape index (κ3) is 3.14. The summed E-state index contributed by atoms with van der Waals surface area (Å²) in [6, 6.07) is 5.66. The third-order valence-electron chi connectivity index (χ3n) is 3.51. The normalized spacial score (nSPS) is 16.3.